The first kappa shape index (κ1) is 14.9. The summed E-state index contributed by atoms with van der Waals surface area (Å²) in [6.45, 7) is 5.51. The molecule has 1 heterocycles. The summed E-state index contributed by atoms with van der Waals surface area (Å²) < 4.78 is 10.6. The minimum absolute atomic E-state index is 0.156. The van der Waals surface area contributed by atoms with Crippen molar-refractivity contribution in [1.29, 1.82) is 0 Å². The molecular formula is C15H17NO5. The molecule has 0 spiro atoms. The Bertz CT molecular complexity index is 681. The van der Waals surface area contributed by atoms with Crippen LogP contribution in [-0.2, 0) is 11.3 Å². The molecule has 21 heavy (non-hydrogen) atoms. The number of ether oxygens (including phenoxy) is 1. The lowest BCUT2D eigenvalue weighted by Crippen LogP contribution is -2.32. The fraction of sp³-hybridized carbons (Fsp3) is 0.333. The second-order valence-corrected chi connectivity index (χ2v) is 5.63. The smallest absolute Gasteiger partial charge is 0.408 e. The number of carboxylic acid groups (broad SMARTS) is 1. The molecule has 6 nitrogen and oxygen atoms in total. The maximum Gasteiger partial charge on any atom is 0.408 e. The van der Waals surface area contributed by atoms with E-state index in [2.05, 4.69) is 5.32 Å². The first-order chi connectivity index (χ1) is 9.74. The first-order valence-electron chi connectivity index (χ1n) is 6.47. The van der Waals surface area contributed by atoms with Crippen molar-refractivity contribution < 1.29 is 23.8 Å². The Hall–Kier alpha value is -2.50. The van der Waals surface area contributed by atoms with Crippen LogP contribution < -0.4 is 5.32 Å². The van der Waals surface area contributed by atoms with Crippen LogP contribution >= 0.6 is 0 Å². The average Bonchev–Trinajstić information content (AvgIpc) is 2.75. The number of amides is 1. The Morgan fingerprint density at radius 3 is 2.62 bits per heavy atom. The number of nitrogens with one attached hydrogen (secondary N) is 1. The molecule has 112 valence electrons. The summed E-state index contributed by atoms with van der Waals surface area (Å²) in [5, 5.41) is 12.3. The SMILES string of the molecule is CC(C)(C)OC(=O)NCc1cc2ccc(C(=O)O)cc2o1. The molecule has 0 aliphatic heterocycles. The van der Waals surface area contributed by atoms with E-state index in [1.807, 2.05) is 0 Å². The molecule has 0 saturated carbocycles. The minimum atomic E-state index is -1.01. The van der Waals surface area contributed by atoms with E-state index in [0.29, 0.717) is 11.3 Å². The summed E-state index contributed by atoms with van der Waals surface area (Å²) in [5.41, 5.74) is 0.0633. The predicted octanol–water partition coefficient (Wildman–Crippen LogP) is 3.16. The fourth-order valence-electron chi connectivity index (χ4n) is 1.78. The Morgan fingerprint density at radius 1 is 1.29 bits per heavy atom. The van der Waals surface area contributed by atoms with Crippen LogP contribution in [0.1, 0.15) is 36.9 Å². The van der Waals surface area contributed by atoms with Crippen LogP contribution in [0.5, 0.6) is 0 Å². The molecule has 6 heteroatoms. The summed E-state index contributed by atoms with van der Waals surface area (Å²) in [6.07, 6.45) is -0.533. The van der Waals surface area contributed by atoms with Crippen LogP contribution in [0.25, 0.3) is 11.0 Å². The van der Waals surface area contributed by atoms with Crippen molar-refractivity contribution >= 4 is 23.0 Å². The summed E-state index contributed by atoms with van der Waals surface area (Å²) >= 11 is 0. The van der Waals surface area contributed by atoms with Gasteiger partial charge in [0.2, 0.25) is 0 Å². The van der Waals surface area contributed by atoms with E-state index in [1.54, 1.807) is 32.9 Å². The molecule has 2 rings (SSSR count). The van der Waals surface area contributed by atoms with Crippen LogP contribution in [0, 0.1) is 0 Å². The minimum Gasteiger partial charge on any atom is -0.478 e. The maximum atomic E-state index is 11.5. The highest BCUT2D eigenvalue weighted by atomic mass is 16.6. The summed E-state index contributed by atoms with van der Waals surface area (Å²) in [7, 11) is 0. The predicted molar refractivity (Wildman–Crippen MR) is 76.2 cm³/mol. The molecule has 0 atom stereocenters. The number of fused-ring (bicyclic) bond motifs is 1. The van der Waals surface area contributed by atoms with E-state index in [0.717, 1.165) is 5.39 Å². The van der Waals surface area contributed by atoms with Crippen molar-refractivity contribution in [3.05, 3.63) is 35.6 Å². The third-order valence-electron chi connectivity index (χ3n) is 2.62. The molecule has 0 aliphatic rings. The van der Waals surface area contributed by atoms with Gasteiger partial charge in [-0.25, -0.2) is 9.59 Å². The van der Waals surface area contributed by atoms with Gasteiger partial charge in [-0.15, -0.1) is 0 Å². The van der Waals surface area contributed by atoms with Gasteiger partial charge in [0, 0.05) is 5.39 Å². The monoisotopic (exact) mass is 291 g/mol. The van der Waals surface area contributed by atoms with E-state index < -0.39 is 17.7 Å². The molecule has 0 unspecified atom stereocenters. The zero-order valence-corrected chi connectivity index (χ0v) is 12.1. The second-order valence-electron chi connectivity index (χ2n) is 5.63. The lowest BCUT2D eigenvalue weighted by atomic mass is 10.2. The maximum absolute atomic E-state index is 11.5. The standard InChI is InChI=1S/C15H17NO5/c1-15(2,3)21-14(19)16-8-11-6-9-4-5-10(13(17)18)7-12(9)20-11/h4-7H,8H2,1-3H3,(H,16,19)(H,17,18). The van der Waals surface area contributed by atoms with Crippen LogP contribution in [0.4, 0.5) is 4.79 Å². The Morgan fingerprint density at radius 2 is 2.00 bits per heavy atom. The third-order valence-corrected chi connectivity index (χ3v) is 2.62. The van der Waals surface area contributed by atoms with Crippen LogP contribution in [-0.4, -0.2) is 22.8 Å². The molecule has 2 N–H and O–H groups in total. The number of benzene rings is 1. The van der Waals surface area contributed by atoms with Crippen molar-refractivity contribution in [1.82, 2.24) is 5.32 Å². The fourth-order valence-corrected chi connectivity index (χ4v) is 1.78. The quantitative estimate of drug-likeness (QED) is 0.906. The van der Waals surface area contributed by atoms with Gasteiger partial charge in [-0.3, -0.25) is 0 Å². The van der Waals surface area contributed by atoms with Gasteiger partial charge in [-0.1, -0.05) is 6.07 Å². The van der Waals surface area contributed by atoms with Gasteiger partial charge in [0.05, 0.1) is 12.1 Å². The van der Waals surface area contributed by atoms with E-state index in [-0.39, 0.29) is 12.1 Å². The van der Waals surface area contributed by atoms with Crippen LogP contribution in [0.15, 0.2) is 28.7 Å². The Labute approximate surface area is 121 Å². The Kier molecular flexibility index (Phi) is 3.88. The number of carbonyl (C=O) groups excluding carboxylic acids is 1. The van der Waals surface area contributed by atoms with Crippen LogP contribution in [0.3, 0.4) is 0 Å². The van der Waals surface area contributed by atoms with Gasteiger partial charge < -0.3 is 19.6 Å². The number of aromatic carboxylic acids is 1. The zero-order chi connectivity index (χ0) is 15.6. The third kappa shape index (κ3) is 3.98. The number of hydrogen-bond donors (Lipinski definition) is 2. The summed E-state index contributed by atoms with van der Waals surface area (Å²) in [5.74, 6) is -0.486. The summed E-state index contributed by atoms with van der Waals surface area (Å²) in [4.78, 5) is 22.4. The lowest BCUT2D eigenvalue weighted by molar-refractivity contribution is 0.0519. The van der Waals surface area contributed by atoms with Crippen molar-refractivity contribution in [2.45, 2.75) is 32.9 Å². The van der Waals surface area contributed by atoms with Gasteiger partial charge in [0.1, 0.15) is 16.9 Å². The molecule has 1 amide bonds. The van der Waals surface area contributed by atoms with Gasteiger partial charge in [-0.2, -0.15) is 0 Å². The molecule has 0 fully saturated rings. The molecule has 2 aromatic rings. The topological polar surface area (TPSA) is 88.8 Å². The van der Waals surface area contributed by atoms with E-state index in [4.69, 9.17) is 14.3 Å². The van der Waals surface area contributed by atoms with Crippen molar-refractivity contribution in [2.75, 3.05) is 0 Å². The molecule has 1 aromatic carbocycles. The van der Waals surface area contributed by atoms with Crippen molar-refractivity contribution in [3.8, 4) is 0 Å². The molecule has 0 aliphatic carbocycles. The number of hydrogen-bond acceptors (Lipinski definition) is 4. The summed E-state index contributed by atoms with van der Waals surface area (Å²) in [6, 6.07) is 6.37. The zero-order valence-electron chi connectivity index (χ0n) is 12.1. The highest BCUT2D eigenvalue weighted by molar-refractivity contribution is 5.92. The van der Waals surface area contributed by atoms with Gasteiger partial charge in [0.15, 0.2) is 0 Å². The van der Waals surface area contributed by atoms with Gasteiger partial charge in [0.25, 0.3) is 0 Å². The normalized spacial score (nSPS) is 11.4. The van der Waals surface area contributed by atoms with Gasteiger partial charge in [-0.05, 0) is 39.0 Å². The molecule has 0 bridgehead atoms. The highest BCUT2D eigenvalue weighted by Gasteiger charge is 2.16. The van der Waals surface area contributed by atoms with E-state index in [9.17, 15) is 9.59 Å². The van der Waals surface area contributed by atoms with Gasteiger partial charge >= 0.3 is 12.1 Å². The Balaban J connectivity index is 2.06. The number of alkyl carbamates (subject to hydrolysis) is 1. The van der Waals surface area contributed by atoms with E-state index >= 15 is 0 Å². The molecule has 1 aromatic heterocycles. The number of rotatable bonds is 3. The van der Waals surface area contributed by atoms with E-state index in [1.165, 1.54) is 12.1 Å². The number of furan rings is 1. The number of carbonyl (C=O) groups is 2. The molecular weight excluding hydrogens is 274 g/mol. The first-order valence-corrected chi connectivity index (χ1v) is 6.47. The average molecular weight is 291 g/mol. The van der Waals surface area contributed by atoms with Crippen molar-refractivity contribution in [3.63, 3.8) is 0 Å². The van der Waals surface area contributed by atoms with Crippen LogP contribution in [0.2, 0.25) is 0 Å². The molecule has 0 saturated heterocycles. The number of carboxylic acids is 1. The lowest BCUT2D eigenvalue weighted by Gasteiger charge is -2.19. The molecule has 0 radical (unpaired) electrons. The van der Waals surface area contributed by atoms with Crippen molar-refractivity contribution in [2.24, 2.45) is 0 Å². The highest BCUT2D eigenvalue weighted by Crippen LogP contribution is 2.21. The largest absolute Gasteiger partial charge is 0.478 e. The second kappa shape index (κ2) is 5.47.